The van der Waals surface area contributed by atoms with Gasteiger partial charge >= 0.3 is 16.7 Å². The first-order valence-electron chi connectivity index (χ1n) is 3.93. The predicted octanol–water partition coefficient (Wildman–Crippen LogP) is 1.36. The predicted molar refractivity (Wildman–Crippen MR) is 49.9 cm³/mol. The molecule has 0 saturated carbocycles. The summed E-state index contributed by atoms with van der Waals surface area (Å²) < 4.78 is 60.3. The molecule has 0 aliphatic carbocycles. The zero-order valence-corrected chi connectivity index (χ0v) is 8.71. The van der Waals surface area contributed by atoms with Crippen LogP contribution in [0, 0.1) is 0 Å². The summed E-state index contributed by atoms with van der Waals surface area (Å²) in [7, 11) is -2.88. The van der Waals surface area contributed by atoms with Crippen molar-refractivity contribution >= 4 is 28.4 Å². The number of nitrogens with one attached hydrogen (secondary N) is 1. The van der Waals surface area contributed by atoms with Crippen molar-refractivity contribution in [2.24, 2.45) is 4.36 Å². The van der Waals surface area contributed by atoms with Gasteiger partial charge in [-0.15, -0.1) is 4.36 Å². The van der Waals surface area contributed by atoms with Crippen LogP contribution in [0.15, 0.2) is 16.6 Å². The van der Waals surface area contributed by atoms with E-state index < -0.39 is 33.7 Å². The lowest BCUT2D eigenvalue weighted by molar-refractivity contribution is -0.137. The van der Waals surface area contributed by atoms with E-state index in [2.05, 4.69) is 9.35 Å². The molecule has 0 aromatic carbocycles. The Kier molecular flexibility index (Phi) is 3.78. The number of rotatable bonds is 3. The highest BCUT2D eigenvalue weighted by molar-refractivity contribution is 7.61. The van der Waals surface area contributed by atoms with Crippen LogP contribution in [0.2, 0.25) is 0 Å². The van der Waals surface area contributed by atoms with Crippen LogP contribution in [0.3, 0.4) is 0 Å². The van der Waals surface area contributed by atoms with Crippen LogP contribution in [0.4, 0.5) is 24.7 Å². The van der Waals surface area contributed by atoms with E-state index in [1.54, 1.807) is 0 Å². The molecule has 1 rings (SSSR count). The molecule has 0 atom stereocenters. The van der Waals surface area contributed by atoms with Crippen LogP contribution in [0.25, 0.3) is 0 Å². The lowest BCUT2D eigenvalue weighted by atomic mass is 10.2. The molecule has 10 heteroatoms. The lowest BCUT2D eigenvalue weighted by Gasteiger charge is -2.08. The second-order valence-electron chi connectivity index (χ2n) is 2.66. The summed E-state index contributed by atoms with van der Waals surface area (Å²) in [5, 5.41) is 1.88. The number of carbonyl (C=O) groups is 1. The monoisotopic (exact) mass is 267 g/mol. The lowest BCUT2D eigenvalue weighted by Crippen LogP contribution is -2.07. The van der Waals surface area contributed by atoms with Gasteiger partial charge in [0.15, 0.2) is 5.82 Å². The maximum Gasteiger partial charge on any atom is 0.417 e. The van der Waals surface area contributed by atoms with Crippen molar-refractivity contribution in [2.75, 3.05) is 5.32 Å². The molecule has 0 unspecified atom stereocenters. The van der Waals surface area contributed by atoms with E-state index >= 15 is 0 Å². The van der Waals surface area contributed by atoms with E-state index in [-0.39, 0.29) is 6.41 Å². The van der Waals surface area contributed by atoms with Crippen molar-refractivity contribution in [1.29, 1.82) is 0 Å². The number of amides is 1. The van der Waals surface area contributed by atoms with Gasteiger partial charge in [-0.2, -0.15) is 21.6 Å². The molecule has 1 aromatic heterocycles. The standard InChI is InChI=1S/C7H4F3N3O3S/c8-7(9,10)4-1-5(12-3-14)6(11-2-4)13-17(15)16/h1-3H,(H,12,14). The van der Waals surface area contributed by atoms with Crippen molar-refractivity contribution in [3.63, 3.8) is 0 Å². The van der Waals surface area contributed by atoms with Crippen molar-refractivity contribution in [2.45, 2.75) is 6.18 Å². The molecule has 0 aliphatic heterocycles. The fourth-order valence-electron chi connectivity index (χ4n) is 0.926. The minimum absolute atomic E-state index is 0.0872. The number of hydrogen-bond acceptors (Lipinski definition) is 5. The summed E-state index contributed by atoms with van der Waals surface area (Å²) in [5.74, 6) is -0.529. The molecule has 0 spiro atoms. The third-order valence-corrected chi connectivity index (χ3v) is 1.89. The molecule has 1 aromatic rings. The number of aromatic nitrogens is 1. The topological polar surface area (TPSA) is 88.5 Å². The van der Waals surface area contributed by atoms with Crippen molar-refractivity contribution in [3.05, 3.63) is 17.8 Å². The second-order valence-corrected chi connectivity index (χ2v) is 3.28. The molecule has 1 N–H and O–H groups in total. The molecular weight excluding hydrogens is 263 g/mol. The van der Waals surface area contributed by atoms with Gasteiger partial charge in [-0.1, -0.05) is 0 Å². The van der Waals surface area contributed by atoms with E-state index in [1.165, 1.54) is 0 Å². The minimum Gasteiger partial charge on any atom is -0.325 e. The SMILES string of the molecule is O=CNc1cc(C(F)(F)F)cnc1N=S(=O)=O. The molecule has 0 aliphatic rings. The Morgan fingerprint density at radius 1 is 1.41 bits per heavy atom. The van der Waals surface area contributed by atoms with Crippen molar-refractivity contribution in [1.82, 2.24) is 4.98 Å². The molecule has 1 amide bonds. The van der Waals surface area contributed by atoms with Crippen molar-refractivity contribution in [3.8, 4) is 0 Å². The molecular formula is C7H4F3N3O3S. The smallest absolute Gasteiger partial charge is 0.325 e. The van der Waals surface area contributed by atoms with Crippen molar-refractivity contribution < 1.29 is 26.4 Å². The van der Waals surface area contributed by atoms with Crippen LogP contribution >= 0.6 is 0 Å². The average Bonchev–Trinajstić information content (AvgIpc) is 2.18. The largest absolute Gasteiger partial charge is 0.417 e. The second kappa shape index (κ2) is 4.91. The summed E-state index contributed by atoms with van der Waals surface area (Å²) in [6, 6.07) is 0.535. The number of alkyl halides is 3. The van der Waals surface area contributed by atoms with Crippen LogP contribution < -0.4 is 5.32 Å². The highest BCUT2D eigenvalue weighted by Gasteiger charge is 2.31. The number of halogens is 3. The Labute approximate surface area is 94.2 Å². The Bertz CT molecular complexity index is 559. The van der Waals surface area contributed by atoms with Gasteiger partial charge in [0.25, 0.3) is 0 Å². The molecule has 17 heavy (non-hydrogen) atoms. The minimum atomic E-state index is -4.65. The van der Waals surface area contributed by atoms with Crippen LogP contribution in [-0.4, -0.2) is 19.8 Å². The summed E-state index contributed by atoms with van der Waals surface area (Å²) in [5.41, 5.74) is -1.57. The van der Waals surface area contributed by atoms with Gasteiger partial charge in [-0.25, -0.2) is 4.98 Å². The third-order valence-electron chi connectivity index (χ3n) is 1.57. The van der Waals surface area contributed by atoms with E-state index in [0.29, 0.717) is 12.3 Å². The summed E-state index contributed by atoms with van der Waals surface area (Å²) >= 11 is 0. The third kappa shape index (κ3) is 3.52. The zero-order valence-electron chi connectivity index (χ0n) is 7.89. The zero-order chi connectivity index (χ0) is 13.1. The van der Waals surface area contributed by atoms with E-state index in [9.17, 15) is 26.4 Å². The normalized spacial score (nSPS) is 10.8. The number of nitrogens with zero attached hydrogens (tertiary/aromatic N) is 2. The summed E-state index contributed by atoms with van der Waals surface area (Å²) in [6.45, 7) is 0. The Hall–Kier alpha value is -1.97. The first-order chi connectivity index (χ1) is 7.84. The Balaban J connectivity index is 3.36. The summed E-state index contributed by atoms with van der Waals surface area (Å²) in [4.78, 5) is 13.4. The molecule has 0 fully saturated rings. The maximum absolute atomic E-state index is 12.3. The first-order valence-corrected chi connectivity index (χ1v) is 4.96. The van der Waals surface area contributed by atoms with Gasteiger partial charge in [0.05, 0.1) is 11.3 Å². The van der Waals surface area contributed by atoms with Gasteiger partial charge in [0.2, 0.25) is 6.41 Å². The van der Waals surface area contributed by atoms with E-state index in [0.717, 1.165) is 0 Å². The average molecular weight is 267 g/mol. The fraction of sp³-hybridized carbons (Fsp3) is 0.143. The summed E-state index contributed by atoms with van der Waals surface area (Å²) in [6.07, 6.45) is -4.15. The number of pyridine rings is 1. The van der Waals surface area contributed by atoms with E-state index in [4.69, 9.17) is 0 Å². The van der Waals surface area contributed by atoms with Crippen LogP contribution in [-0.2, 0) is 21.5 Å². The first kappa shape index (κ1) is 13.1. The number of anilines is 1. The molecule has 0 saturated heterocycles. The van der Waals surface area contributed by atoms with Gasteiger partial charge < -0.3 is 5.32 Å². The molecule has 1 heterocycles. The van der Waals surface area contributed by atoms with Gasteiger partial charge in [0.1, 0.15) is 0 Å². The molecule has 92 valence electrons. The molecule has 0 radical (unpaired) electrons. The highest BCUT2D eigenvalue weighted by atomic mass is 32.2. The number of carbonyl (C=O) groups excluding carboxylic acids is 1. The van der Waals surface area contributed by atoms with Gasteiger partial charge in [-0.3, -0.25) is 4.79 Å². The fourth-order valence-corrected chi connectivity index (χ4v) is 1.21. The quantitative estimate of drug-likeness (QED) is 0.837. The van der Waals surface area contributed by atoms with Crippen LogP contribution in [0.1, 0.15) is 5.56 Å². The Morgan fingerprint density at radius 2 is 2.06 bits per heavy atom. The number of hydrogen-bond donors (Lipinski definition) is 1. The molecule has 6 nitrogen and oxygen atoms in total. The van der Waals surface area contributed by atoms with Gasteiger partial charge in [-0.05, 0) is 6.07 Å². The van der Waals surface area contributed by atoms with Gasteiger partial charge in [0, 0.05) is 6.20 Å². The van der Waals surface area contributed by atoms with Crippen LogP contribution in [0.5, 0.6) is 0 Å². The Morgan fingerprint density at radius 3 is 2.53 bits per heavy atom. The van der Waals surface area contributed by atoms with E-state index in [1.807, 2.05) is 5.32 Å². The maximum atomic E-state index is 12.3. The highest BCUT2D eigenvalue weighted by Crippen LogP contribution is 2.33. The molecule has 0 bridgehead atoms.